The largest absolute Gasteiger partial charge is 0.504 e. The topological polar surface area (TPSA) is 38.7 Å². The highest BCUT2D eigenvalue weighted by Gasteiger charge is 2.04. The SMILES string of the molecule is COc1ccc(Sc2ccc(OC)c(O)c2)cc1. The van der Waals surface area contributed by atoms with Crippen molar-refractivity contribution in [2.45, 2.75) is 9.79 Å². The minimum absolute atomic E-state index is 0.149. The highest BCUT2D eigenvalue weighted by Crippen LogP contribution is 2.34. The molecule has 0 radical (unpaired) electrons. The van der Waals surface area contributed by atoms with Crippen LogP contribution in [0.25, 0.3) is 0 Å². The Kier molecular flexibility index (Phi) is 3.99. The van der Waals surface area contributed by atoms with Crippen molar-refractivity contribution in [2.24, 2.45) is 0 Å². The molecule has 0 amide bonds. The first-order valence-electron chi connectivity index (χ1n) is 5.42. The third-order valence-corrected chi connectivity index (χ3v) is 3.44. The second kappa shape index (κ2) is 5.69. The third kappa shape index (κ3) is 2.90. The van der Waals surface area contributed by atoms with E-state index in [1.54, 1.807) is 31.0 Å². The first kappa shape index (κ1) is 12.6. The molecule has 18 heavy (non-hydrogen) atoms. The molecule has 0 aliphatic rings. The van der Waals surface area contributed by atoms with Crippen molar-refractivity contribution >= 4 is 11.8 Å². The number of rotatable bonds is 4. The summed E-state index contributed by atoms with van der Waals surface area (Å²) in [6.45, 7) is 0. The Morgan fingerprint density at radius 1 is 0.889 bits per heavy atom. The van der Waals surface area contributed by atoms with Crippen LogP contribution in [0.1, 0.15) is 0 Å². The smallest absolute Gasteiger partial charge is 0.160 e. The Bertz CT molecular complexity index is 523. The van der Waals surface area contributed by atoms with Crippen LogP contribution in [0.3, 0.4) is 0 Å². The summed E-state index contributed by atoms with van der Waals surface area (Å²) in [7, 11) is 3.18. The fourth-order valence-electron chi connectivity index (χ4n) is 1.51. The second-order valence-corrected chi connectivity index (χ2v) is 4.76. The molecule has 0 fully saturated rings. The number of hydrogen-bond acceptors (Lipinski definition) is 4. The summed E-state index contributed by atoms with van der Waals surface area (Å²) in [5, 5.41) is 9.69. The first-order valence-corrected chi connectivity index (χ1v) is 6.23. The van der Waals surface area contributed by atoms with E-state index in [2.05, 4.69) is 0 Å². The van der Waals surface area contributed by atoms with Crippen LogP contribution < -0.4 is 9.47 Å². The van der Waals surface area contributed by atoms with E-state index in [1.165, 1.54) is 7.11 Å². The Morgan fingerprint density at radius 2 is 1.56 bits per heavy atom. The number of aromatic hydroxyl groups is 1. The van der Waals surface area contributed by atoms with Gasteiger partial charge in [-0.05, 0) is 42.5 Å². The van der Waals surface area contributed by atoms with Gasteiger partial charge in [0.2, 0.25) is 0 Å². The molecule has 0 heterocycles. The number of methoxy groups -OCH3 is 2. The van der Waals surface area contributed by atoms with Crippen LogP contribution in [0.5, 0.6) is 17.2 Å². The van der Waals surface area contributed by atoms with E-state index < -0.39 is 0 Å². The number of ether oxygens (including phenoxy) is 2. The van der Waals surface area contributed by atoms with Crippen LogP contribution in [-0.2, 0) is 0 Å². The summed E-state index contributed by atoms with van der Waals surface area (Å²) in [6.07, 6.45) is 0. The second-order valence-electron chi connectivity index (χ2n) is 3.61. The van der Waals surface area contributed by atoms with E-state index in [0.717, 1.165) is 15.5 Å². The predicted molar refractivity (Wildman–Crippen MR) is 71.8 cm³/mol. The van der Waals surface area contributed by atoms with Crippen LogP contribution in [0.4, 0.5) is 0 Å². The molecule has 0 saturated heterocycles. The minimum Gasteiger partial charge on any atom is -0.504 e. The quantitative estimate of drug-likeness (QED) is 0.914. The van der Waals surface area contributed by atoms with E-state index in [9.17, 15) is 5.11 Å². The lowest BCUT2D eigenvalue weighted by atomic mass is 10.3. The summed E-state index contributed by atoms with van der Waals surface area (Å²) in [6, 6.07) is 13.1. The first-order chi connectivity index (χ1) is 8.72. The van der Waals surface area contributed by atoms with Gasteiger partial charge in [-0.15, -0.1) is 0 Å². The zero-order chi connectivity index (χ0) is 13.0. The molecule has 2 aromatic rings. The van der Waals surface area contributed by atoms with Gasteiger partial charge in [0.1, 0.15) is 5.75 Å². The van der Waals surface area contributed by atoms with E-state index in [0.29, 0.717) is 5.75 Å². The molecule has 0 atom stereocenters. The summed E-state index contributed by atoms with van der Waals surface area (Å²) < 4.78 is 10.1. The Balaban J connectivity index is 2.15. The van der Waals surface area contributed by atoms with Gasteiger partial charge in [-0.1, -0.05) is 11.8 Å². The van der Waals surface area contributed by atoms with Gasteiger partial charge in [-0.2, -0.15) is 0 Å². The lowest BCUT2D eigenvalue weighted by molar-refractivity contribution is 0.372. The van der Waals surface area contributed by atoms with Gasteiger partial charge in [0.25, 0.3) is 0 Å². The van der Waals surface area contributed by atoms with Gasteiger partial charge in [0, 0.05) is 9.79 Å². The fourth-order valence-corrected chi connectivity index (χ4v) is 2.36. The van der Waals surface area contributed by atoms with Crippen LogP contribution in [0.2, 0.25) is 0 Å². The molecule has 0 spiro atoms. The van der Waals surface area contributed by atoms with Gasteiger partial charge < -0.3 is 14.6 Å². The standard InChI is InChI=1S/C14H14O3S/c1-16-10-3-5-11(6-4-10)18-12-7-8-14(17-2)13(15)9-12/h3-9,15H,1-2H3. The Morgan fingerprint density at radius 3 is 2.11 bits per heavy atom. The van der Waals surface area contributed by atoms with Crippen LogP contribution in [-0.4, -0.2) is 19.3 Å². The van der Waals surface area contributed by atoms with Gasteiger partial charge in [-0.25, -0.2) is 0 Å². The maximum Gasteiger partial charge on any atom is 0.160 e. The molecule has 3 nitrogen and oxygen atoms in total. The van der Waals surface area contributed by atoms with Crippen molar-refractivity contribution in [3.63, 3.8) is 0 Å². The minimum atomic E-state index is 0.149. The van der Waals surface area contributed by atoms with Crippen molar-refractivity contribution in [1.29, 1.82) is 0 Å². The number of hydrogen-bond donors (Lipinski definition) is 1. The van der Waals surface area contributed by atoms with Crippen molar-refractivity contribution in [3.8, 4) is 17.2 Å². The monoisotopic (exact) mass is 262 g/mol. The van der Waals surface area contributed by atoms with E-state index in [-0.39, 0.29) is 5.75 Å². The predicted octanol–water partition coefficient (Wildman–Crippen LogP) is 3.56. The lowest BCUT2D eigenvalue weighted by Gasteiger charge is -2.06. The van der Waals surface area contributed by atoms with Crippen molar-refractivity contribution in [2.75, 3.05) is 14.2 Å². The molecule has 2 rings (SSSR count). The summed E-state index contributed by atoms with van der Waals surface area (Å²) in [4.78, 5) is 2.04. The average Bonchev–Trinajstić information content (AvgIpc) is 2.40. The molecular formula is C14H14O3S. The van der Waals surface area contributed by atoms with Gasteiger partial charge in [-0.3, -0.25) is 0 Å². The molecule has 1 N–H and O–H groups in total. The number of benzene rings is 2. The Labute approximate surface area is 110 Å². The Hall–Kier alpha value is -1.81. The normalized spacial score (nSPS) is 10.1. The van der Waals surface area contributed by atoms with E-state index in [4.69, 9.17) is 9.47 Å². The lowest BCUT2D eigenvalue weighted by Crippen LogP contribution is -1.84. The summed E-state index contributed by atoms with van der Waals surface area (Å²) in [5.74, 6) is 1.46. The highest BCUT2D eigenvalue weighted by molar-refractivity contribution is 7.99. The number of phenolic OH excluding ortho intramolecular Hbond substituents is 1. The molecule has 4 heteroatoms. The molecule has 94 valence electrons. The van der Waals surface area contributed by atoms with Gasteiger partial charge in [0.05, 0.1) is 14.2 Å². The third-order valence-electron chi connectivity index (χ3n) is 2.45. The zero-order valence-electron chi connectivity index (χ0n) is 10.2. The molecule has 2 aromatic carbocycles. The molecule has 0 aliphatic carbocycles. The zero-order valence-corrected chi connectivity index (χ0v) is 11.0. The van der Waals surface area contributed by atoms with Crippen molar-refractivity contribution in [1.82, 2.24) is 0 Å². The molecule has 0 aliphatic heterocycles. The molecule has 0 unspecified atom stereocenters. The van der Waals surface area contributed by atoms with Crippen molar-refractivity contribution in [3.05, 3.63) is 42.5 Å². The average molecular weight is 262 g/mol. The van der Waals surface area contributed by atoms with Gasteiger partial charge in [0.15, 0.2) is 11.5 Å². The van der Waals surface area contributed by atoms with E-state index in [1.807, 2.05) is 30.3 Å². The van der Waals surface area contributed by atoms with Crippen LogP contribution in [0.15, 0.2) is 52.3 Å². The molecule has 0 aromatic heterocycles. The van der Waals surface area contributed by atoms with Crippen LogP contribution >= 0.6 is 11.8 Å². The van der Waals surface area contributed by atoms with Crippen molar-refractivity contribution < 1.29 is 14.6 Å². The highest BCUT2D eigenvalue weighted by atomic mass is 32.2. The summed E-state index contributed by atoms with van der Waals surface area (Å²) >= 11 is 1.57. The maximum absolute atomic E-state index is 9.69. The van der Waals surface area contributed by atoms with E-state index >= 15 is 0 Å². The summed E-state index contributed by atoms with van der Waals surface area (Å²) in [5.41, 5.74) is 0. The van der Waals surface area contributed by atoms with Gasteiger partial charge >= 0.3 is 0 Å². The molecule has 0 saturated carbocycles. The molecule has 0 bridgehead atoms. The number of phenols is 1. The maximum atomic E-state index is 9.69. The van der Waals surface area contributed by atoms with Crippen LogP contribution in [0, 0.1) is 0 Å². The fraction of sp³-hybridized carbons (Fsp3) is 0.143. The molecular weight excluding hydrogens is 248 g/mol.